The van der Waals surface area contributed by atoms with Crippen LogP contribution in [0, 0.1) is 6.92 Å². The normalized spacial score (nSPS) is 18.0. The predicted molar refractivity (Wildman–Crippen MR) is 132 cm³/mol. The van der Waals surface area contributed by atoms with Crippen LogP contribution in [0.2, 0.25) is 18.1 Å². The van der Waals surface area contributed by atoms with Crippen molar-refractivity contribution >= 4 is 35.6 Å². The lowest BCUT2D eigenvalue weighted by atomic mass is 10.2. The van der Waals surface area contributed by atoms with E-state index in [1.165, 1.54) is 6.42 Å². The van der Waals surface area contributed by atoms with Gasteiger partial charge in [0.15, 0.2) is 14.6 Å². The van der Waals surface area contributed by atoms with Gasteiger partial charge in [-0.25, -0.2) is 4.98 Å². The standard InChI is InChI=1S/C22H36BrN3O3SSi/c1-16-14-17(26(25-16)11-9-13-28-19-10-7-8-12-27-19)21-24-20(23)18(30-21)15-29-31(5,6)22(2,3)4/h14,19H,7-13,15H2,1-6H3. The maximum Gasteiger partial charge on any atom is 0.192 e. The lowest BCUT2D eigenvalue weighted by molar-refractivity contribution is -0.163. The summed E-state index contributed by atoms with van der Waals surface area (Å²) < 4.78 is 20.8. The summed E-state index contributed by atoms with van der Waals surface area (Å²) in [5.74, 6) is 0. The number of rotatable bonds is 9. The van der Waals surface area contributed by atoms with Gasteiger partial charge in [-0.3, -0.25) is 4.68 Å². The minimum Gasteiger partial charge on any atom is -0.412 e. The summed E-state index contributed by atoms with van der Waals surface area (Å²) in [6.07, 6.45) is 4.18. The monoisotopic (exact) mass is 529 g/mol. The van der Waals surface area contributed by atoms with Crippen molar-refractivity contribution in [1.29, 1.82) is 0 Å². The molecule has 3 heterocycles. The van der Waals surface area contributed by atoms with Gasteiger partial charge in [-0.2, -0.15) is 5.10 Å². The Hall–Kier alpha value is -0.583. The number of ether oxygens (including phenoxy) is 2. The van der Waals surface area contributed by atoms with Crippen molar-refractivity contribution < 1.29 is 13.9 Å². The molecular formula is C22H36BrN3O3SSi. The van der Waals surface area contributed by atoms with Crippen LogP contribution in [0.15, 0.2) is 10.7 Å². The van der Waals surface area contributed by atoms with Gasteiger partial charge in [-0.15, -0.1) is 11.3 Å². The lowest BCUT2D eigenvalue weighted by Gasteiger charge is -2.36. The number of halogens is 1. The average molecular weight is 531 g/mol. The molecule has 0 radical (unpaired) electrons. The van der Waals surface area contributed by atoms with E-state index in [1.54, 1.807) is 11.3 Å². The van der Waals surface area contributed by atoms with Crippen LogP contribution in [0.3, 0.4) is 0 Å². The predicted octanol–water partition coefficient (Wildman–Crippen LogP) is 6.53. The van der Waals surface area contributed by atoms with Gasteiger partial charge in [-0.05, 0) is 72.7 Å². The van der Waals surface area contributed by atoms with Gasteiger partial charge in [0, 0.05) is 13.2 Å². The molecule has 3 rings (SSSR count). The van der Waals surface area contributed by atoms with Crippen molar-refractivity contribution in [3.8, 4) is 10.7 Å². The van der Waals surface area contributed by atoms with Crippen LogP contribution in [0.4, 0.5) is 0 Å². The highest BCUT2D eigenvalue weighted by Gasteiger charge is 2.37. The summed E-state index contributed by atoms with van der Waals surface area (Å²) in [4.78, 5) is 5.91. The van der Waals surface area contributed by atoms with Crippen LogP contribution in [-0.2, 0) is 27.1 Å². The third kappa shape index (κ3) is 6.71. The van der Waals surface area contributed by atoms with Crippen LogP contribution in [0.25, 0.3) is 10.7 Å². The second-order valence-electron chi connectivity index (χ2n) is 9.70. The molecule has 0 spiro atoms. The Morgan fingerprint density at radius 3 is 2.77 bits per heavy atom. The van der Waals surface area contributed by atoms with Crippen molar-refractivity contribution in [2.24, 2.45) is 0 Å². The van der Waals surface area contributed by atoms with E-state index in [2.05, 4.69) is 61.0 Å². The number of aryl methyl sites for hydroxylation is 2. The Labute approximate surface area is 200 Å². The van der Waals surface area contributed by atoms with Crippen molar-refractivity contribution in [2.75, 3.05) is 13.2 Å². The molecule has 1 fully saturated rings. The third-order valence-electron chi connectivity index (χ3n) is 6.10. The van der Waals surface area contributed by atoms with Crippen LogP contribution < -0.4 is 0 Å². The number of hydrogen-bond acceptors (Lipinski definition) is 6. The molecule has 1 aliphatic rings. The van der Waals surface area contributed by atoms with Crippen molar-refractivity contribution in [2.45, 2.75) is 91.0 Å². The highest BCUT2D eigenvalue weighted by Crippen LogP contribution is 2.39. The van der Waals surface area contributed by atoms with Crippen LogP contribution in [0.5, 0.6) is 0 Å². The second kappa shape index (κ2) is 10.6. The third-order valence-corrected chi connectivity index (χ3v) is 12.5. The maximum atomic E-state index is 6.41. The topological polar surface area (TPSA) is 58.4 Å². The Kier molecular flexibility index (Phi) is 8.54. The minimum atomic E-state index is -1.81. The zero-order valence-corrected chi connectivity index (χ0v) is 23.1. The van der Waals surface area contributed by atoms with E-state index in [9.17, 15) is 0 Å². The summed E-state index contributed by atoms with van der Waals surface area (Å²) in [7, 11) is -1.81. The van der Waals surface area contributed by atoms with Crippen LogP contribution in [-0.4, -0.2) is 42.6 Å². The second-order valence-corrected chi connectivity index (χ2v) is 16.3. The lowest BCUT2D eigenvalue weighted by Crippen LogP contribution is -2.40. The Balaban J connectivity index is 1.61. The van der Waals surface area contributed by atoms with E-state index < -0.39 is 8.32 Å². The first-order valence-corrected chi connectivity index (χ1v) is 15.7. The van der Waals surface area contributed by atoms with E-state index in [4.69, 9.17) is 18.9 Å². The van der Waals surface area contributed by atoms with Gasteiger partial charge < -0.3 is 13.9 Å². The smallest absolute Gasteiger partial charge is 0.192 e. The summed E-state index contributed by atoms with van der Waals surface area (Å²) in [5, 5.41) is 5.84. The Bertz CT molecular complexity index is 857. The summed E-state index contributed by atoms with van der Waals surface area (Å²) in [6.45, 7) is 16.2. The molecule has 0 N–H and O–H groups in total. The highest BCUT2D eigenvalue weighted by atomic mass is 79.9. The molecule has 0 aromatic carbocycles. The Morgan fingerprint density at radius 2 is 2.10 bits per heavy atom. The zero-order valence-electron chi connectivity index (χ0n) is 19.7. The van der Waals surface area contributed by atoms with Crippen molar-refractivity contribution in [1.82, 2.24) is 14.8 Å². The molecule has 174 valence electrons. The van der Waals surface area contributed by atoms with E-state index in [0.29, 0.717) is 13.2 Å². The summed E-state index contributed by atoms with van der Waals surface area (Å²) >= 11 is 5.32. The molecule has 1 saturated heterocycles. The van der Waals surface area contributed by atoms with Gasteiger partial charge in [-0.1, -0.05) is 20.8 Å². The summed E-state index contributed by atoms with van der Waals surface area (Å²) in [6, 6.07) is 2.11. The first-order chi connectivity index (χ1) is 14.6. The molecule has 1 aliphatic heterocycles. The molecule has 2 aromatic heterocycles. The molecule has 2 aromatic rings. The molecule has 1 unspecified atom stereocenters. The molecule has 0 saturated carbocycles. The zero-order chi connectivity index (χ0) is 22.6. The number of nitrogens with zero attached hydrogens (tertiary/aromatic N) is 3. The fraction of sp³-hybridized carbons (Fsp3) is 0.727. The number of hydrogen-bond donors (Lipinski definition) is 0. The molecule has 31 heavy (non-hydrogen) atoms. The highest BCUT2D eigenvalue weighted by molar-refractivity contribution is 9.10. The summed E-state index contributed by atoms with van der Waals surface area (Å²) in [5.41, 5.74) is 2.05. The molecule has 1 atom stereocenters. The Morgan fingerprint density at radius 1 is 1.32 bits per heavy atom. The quantitative estimate of drug-likeness (QED) is 0.272. The average Bonchev–Trinajstić information content (AvgIpc) is 3.25. The van der Waals surface area contributed by atoms with Crippen LogP contribution in [0.1, 0.15) is 57.0 Å². The largest absolute Gasteiger partial charge is 0.412 e. The van der Waals surface area contributed by atoms with Gasteiger partial charge in [0.2, 0.25) is 0 Å². The fourth-order valence-electron chi connectivity index (χ4n) is 3.15. The minimum absolute atomic E-state index is 0.0362. The van der Waals surface area contributed by atoms with E-state index in [0.717, 1.165) is 58.3 Å². The molecule has 0 bridgehead atoms. The van der Waals surface area contributed by atoms with Gasteiger partial charge >= 0.3 is 0 Å². The van der Waals surface area contributed by atoms with E-state index >= 15 is 0 Å². The molecular weight excluding hydrogens is 494 g/mol. The van der Waals surface area contributed by atoms with Crippen molar-refractivity contribution in [3.05, 3.63) is 21.2 Å². The first-order valence-electron chi connectivity index (χ1n) is 11.1. The van der Waals surface area contributed by atoms with E-state index in [1.807, 2.05) is 11.6 Å². The maximum absolute atomic E-state index is 6.41. The van der Waals surface area contributed by atoms with E-state index in [-0.39, 0.29) is 11.3 Å². The number of thiazole rings is 1. The fourth-order valence-corrected chi connectivity index (χ4v) is 5.74. The first kappa shape index (κ1) is 25.0. The SMILES string of the molecule is Cc1cc(-c2nc(Br)c(CO[Si](C)(C)C(C)(C)C)s2)n(CCCOC2CCCCO2)n1. The van der Waals surface area contributed by atoms with Gasteiger partial charge in [0.05, 0.1) is 29.5 Å². The van der Waals surface area contributed by atoms with Crippen molar-refractivity contribution in [3.63, 3.8) is 0 Å². The van der Waals surface area contributed by atoms with Gasteiger partial charge in [0.25, 0.3) is 0 Å². The van der Waals surface area contributed by atoms with Crippen LogP contribution >= 0.6 is 27.3 Å². The molecule has 0 aliphatic carbocycles. The molecule has 6 nitrogen and oxygen atoms in total. The molecule has 9 heteroatoms. The number of aromatic nitrogens is 3. The van der Waals surface area contributed by atoms with Gasteiger partial charge in [0.1, 0.15) is 9.61 Å². The molecule has 0 amide bonds.